The molecule has 0 spiro atoms. The number of amides is 1. The Balaban J connectivity index is 1.70. The number of carbonyl (C=O) groups is 1. The number of hydrogen-bond donors (Lipinski definition) is 0. The molecule has 5 nitrogen and oxygen atoms in total. The molecule has 4 rings (SSSR count). The molecule has 0 atom stereocenters. The first-order valence-electron chi connectivity index (χ1n) is 11.6. The lowest BCUT2D eigenvalue weighted by Crippen LogP contribution is -2.44. The fourth-order valence-electron chi connectivity index (χ4n) is 4.28. The molecule has 196 valence electrons. The Bertz CT molecular complexity index is 1460. The Morgan fingerprint density at radius 3 is 2.18 bits per heavy atom. The van der Waals surface area contributed by atoms with Crippen LogP contribution in [0.25, 0.3) is 16.0 Å². The van der Waals surface area contributed by atoms with Gasteiger partial charge in [-0.2, -0.15) is 13.2 Å². The largest absolute Gasteiger partial charge is 0.491 e. The SMILES string of the molecule is [C-]#[N+]c1ccc(N2C(=O)C(C)(C)N(c3ccc(-c4ccc(OC(C)C)cc4)cc3F)C2=S)cc1C(F)(F)F. The van der Waals surface area contributed by atoms with Crippen molar-refractivity contribution in [3.05, 3.63) is 83.5 Å². The predicted octanol–water partition coefficient (Wildman–Crippen LogP) is 7.77. The third-order valence-electron chi connectivity index (χ3n) is 6.08. The van der Waals surface area contributed by atoms with Crippen LogP contribution in [0.4, 0.5) is 34.6 Å². The zero-order valence-electron chi connectivity index (χ0n) is 20.9. The van der Waals surface area contributed by atoms with Gasteiger partial charge in [0.05, 0.1) is 23.9 Å². The summed E-state index contributed by atoms with van der Waals surface area (Å²) < 4.78 is 61.8. The summed E-state index contributed by atoms with van der Waals surface area (Å²) in [5, 5.41) is -0.175. The minimum absolute atomic E-state index is 0.00758. The summed E-state index contributed by atoms with van der Waals surface area (Å²) in [6, 6.07) is 14.6. The van der Waals surface area contributed by atoms with Gasteiger partial charge in [-0.25, -0.2) is 9.24 Å². The summed E-state index contributed by atoms with van der Waals surface area (Å²) in [7, 11) is 0. The summed E-state index contributed by atoms with van der Waals surface area (Å²) in [4.78, 5) is 18.5. The highest BCUT2D eigenvalue weighted by molar-refractivity contribution is 7.81. The quantitative estimate of drug-likeness (QED) is 0.188. The highest BCUT2D eigenvalue weighted by atomic mass is 32.1. The van der Waals surface area contributed by atoms with Crippen LogP contribution < -0.4 is 14.5 Å². The van der Waals surface area contributed by atoms with Crippen molar-refractivity contribution in [2.75, 3.05) is 9.80 Å². The molecule has 0 aromatic heterocycles. The molecule has 10 heteroatoms. The van der Waals surface area contributed by atoms with Gasteiger partial charge in [0, 0.05) is 5.69 Å². The minimum atomic E-state index is -4.81. The molecular weight excluding hydrogens is 518 g/mol. The fourth-order valence-corrected chi connectivity index (χ4v) is 4.80. The molecule has 1 heterocycles. The zero-order valence-corrected chi connectivity index (χ0v) is 21.7. The van der Waals surface area contributed by atoms with Crippen LogP contribution in [-0.4, -0.2) is 22.7 Å². The van der Waals surface area contributed by atoms with Crippen LogP contribution in [0, 0.1) is 12.4 Å². The van der Waals surface area contributed by atoms with Gasteiger partial charge in [0.15, 0.2) is 10.8 Å². The van der Waals surface area contributed by atoms with Crippen molar-refractivity contribution in [1.82, 2.24) is 0 Å². The number of thiocarbonyl (C=S) groups is 1. The molecular formula is C28H23F4N3O2S. The molecule has 1 fully saturated rings. The van der Waals surface area contributed by atoms with E-state index >= 15 is 4.39 Å². The van der Waals surface area contributed by atoms with Gasteiger partial charge in [0.1, 0.15) is 17.1 Å². The molecule has 0 bridgehead atoms. The van der Waals surface area contributed by atoms with Gasteiger partial charge >= 0.3 is 6.18 Å². The van der Waals surface area contributed by atoms with Gasteiger partial charge in [-0.1, -0.05) is 24.3 Å². The lowest BCUT2D eigenvalue weighted by atomic mass is 10.0. The summed E-state index contributed by atoms with van der Waals surface area (Å²) in [6.45, 7) is 13.9. The fraction of sp³-hybridized carbons (Fsp3) is 0.250. The lowest BCUT2D eigenvalue weighted by molar-refractivity contribution is -0.136. The molecule has 1 aliphatic heterocycles. The maximum absolute atomic E-state index is 15.5. The molecule has 3 aromatic rings. The molecule has 1 amide bonds. The molecule has 3 aromatic carbocycles. The molecule has 0 unspecified atom stereocenters. The predicted molar refractivity (Wildman–Crippen MR) is 142 cm³/mol. The third kappa shape index (κ3) is 4.82. The van der Waals surface area contributed by atoms with Crippen molar-refractivity contribution in [3.8, 4) is 16.9 Å². The number of nitrogens with zero attached hydrogens (tertiary/aromatic N) is 3. The van der Waals surface area contributed by atoms with E-state index in [1.54, 1.807) is 30.3 Å². The van der Waals surface area contributed by atoms with Crippen molar-refractivity contribution in [2.24, 2.45) is 0 Å². The number of anilines is 2. The van der Waals surface area contributed by atoms with Gasteiger partial charge in [-0.3, -0.25) is 9.69 Å². The van der Waals surface area contributed by atoms with E-state index in [0.29, 0.717) is 17.4 Å². The monoisotopic (exact) mass is 541 g/mol. The first kappa shape index (κ1) is 27.1. The highest BCUT2D eigenvalue weighted by Crippen LogP contribution is 2.42. The van der Waals surface area contributed by atoms with Crippen LogP contribution in [0.5, 0.6) is 5.75 Å². The van der Waals surface area contributed by atoms with Crippen LogP contribution >= 0.6 is 12.2 Å². The van der Waals surface area contributed by atoms with Gasteiger partial charge < -0.3 is 9.64 Å². The Morgan fingerprint density at radius 1 is 1.00 bits per heavy atom. The van der Waals surface area contributed by atoms with Crippen molar-refractivity contribution in [3.63, 3.8) is 0 Å². The van der Waals surface area contributed by atoms with Gasteiger partial charge in [0.2, 0.25) is 0 Å². The molecule has 1 saturated heterocycles. The van der Waals surface area contributed by atoms with Crippen molar-refractivity contribution in [2.45, 2.75) is 45.5 Å². The Kier molecular flexibility index (Phi) is 6.93. The maximum Gasteiger partial charge on any atom is 0.407 e. The summed E-state index contributed by atoms with van der Waals surface area (Å²) in [6.07, 6.45) is -4.80. The van der Waals surface area contributed by atoms with E-state index in [0.717, 1.165) is 16.5 Å². The second kappa shape index (κ2) is 9.72. The van der Waals surface area contributed by atoms with Crippen molar-refractivity contribution in [1.29, 1.82) is 0 Å². The van der Waals surface area contributed by atoms with E-state index in [-0.39, 0.29) is 22.6 Å². The lowest BCUT2D eigenvalue weighted by Gasteiger charge is -2.30. The number of carbonyl (C=O) groups excluding carboxylic acids is 1. The first-order chi connectivity index (χ1) is 17.8. The van der Waals surface area contributed by atoms with Crippen LogP contribution in [0.2, 0.25) is 0 Å². The summed E-state index contributed by atoms with van der Waals surface area (Å²) >= 11 is 5.49. The number of alkyl halides is 3. The van der Waals surface area contributed by atoms with E-state index in [1.807, 2.05) is 13.8 Å². The average molecular weight is 542 g/mol. The Morgan fingerprint density at radius 2 is 1.63 bits per heavy atom. The molecule has 0 aliphatic carbocycles. The Hall–Kier alpha value is -3.97. The average Bonchev–Trinajstić information content (AvgIpc) is 3.02. The third-order valence-corrected chi connectivity index (χ3v) is 6.45. The van der Waals surface area contributed by atoms with Crippen molar-refractivity contribution < 1.29 is 27.1 Å². The molecule has 0 saturated carbocycles. The first-order valence-corrected chi connectivity index (χ1v) is 12.0. The highest BCUT2D eigenvalue weighted by Gasteiger charge is 2.51. The van der Waals surface area contributed by atoms with Crippen LogP contribution in [0.15, 0.2) is 60.7 Å². The van der Waals surface area contributed by atoms with Crippen LogP contribution in [-0.2, 0) is 11.0 Å². The van der Waals surface area contributed by atoms with E-state index < -0.39 is 34.7 Å². The number of ether oxygens (including phenoxy) is 1. The zero-order chi connectivity index (χ0) is 28.0. The summed E-state index contributed by atoms with van der Waals surface area (Å²) in [5.41, 5.74) is -2.00. The van der Waals surface area contributed by atoms with Gasteiger partial charge in [-0.05, 0) is 87.4 Å². The van der Waals surface area contributed by atoms with E-state index in [9.17, 15) is 18.0 Å². The van der Waals surface area contributed by atoms with Crippen LogP contribution in [0.3, 0.4) is 0 Å². The molecule has 0 N–H and O–H groups in total. The molecule has 0 radical (unpaired) electrons. The van der Waals surface area contributed by atoms with Gasteiger partial charge in [0.25, 0.3) is 5.91 Å². The topological polar surface area (TPSA) is 37.1 Å². The van der Waals surface area contributed by atoms with E-state index in [2.05, 4.69) is 4.85 Å². The second-order valence-electron chi connectivity index (χ2n) is 9.49. The van der Waals surface area contributed by atoms with E-state index in [4.69, 9.17) is 23.5 Å². The van der Waals surface area contributed by atoms with Crippen molar-refractivity contribution >= 4 is 40.3 Å². The normalized spacial score (nSPS) is 15.3. The second-order valence-corrected chi connectivity index (χ2v) is 9.85. The number of halogens is 4. The Labute approximate surface area is 223 Å². The summed E-state index contributed by atoms with van der Waals surface area (Å²) in [5.74, 6) is -0.605. The number of hydrogen-bond acceptors (Lipinski definition) is 3. The smallest absolute Gasteiger partial charge is 0.407 e. The van der Waals surface area contributed by atoms with E-state index in [1.165, 1.54) is 36.9 Å². The number of benzene rings is 3. The van der Waals surface area contributed by atoms with Gasteiger partial charge in [-0.15, -0.1) is 0 Å². The van der Waals surface area contributed by atoms with Crippen LogP contribution in [0.1, 0.15) is 33.3 Å². The number of rotatable bonds is 5. The molecule has 38 heavy (non-hydrogen) atoms. The maximum atomic E-state index is 15.5. The standard InChI is InChI=1S/C28H23F4N3O2S/c1-16(2)37-20-10-6-17(7-11-20)18-8-13-24(22(29)14-18)35-26(38)34(25(36)27(35,3)4)19-9-12-23(33-5)21(15-19)28(30,31)32/h6-16H,1-4H3. The minimum Gasteiger partial charge on any atom is -0.491 e. The molecule has 1 aliphatic rings.